The topological polar surface area (TPSA) is 35.0 Å². The lowest BCUT2D eigenvalue weighted by Crippen LogP contribution is -1.84. The normalized spacial score (nSPS) is 11.3. The van der Waals surface area contributed by atoms with Crippen molar-refractivity contribution in [3.05, 3.63) is 40.6 Å². The van der Waals surface area contributed by atoms with E-state index in [4.69, 9.17) is 4.74 Å². The minimum atomic E-state index is -0.326. The Kier molecular flexibility index (Phi) is 3.92. The highest BCUT2D eigenvalue weighted by molar-refractivity contribution is 9.10. The van der Waals surface area contributed by atoms with Crippen molar-refractivity contribution in [3.8, 4) is 25.3 Å². The molecular formula is C15H8BrFN2OS3. The van der Waals surface area contributed by atoms with Gasteiger partial charge in [0, 0.05) is 20.2 Å². The van der Waals surface area contributed by atoms with Crippen LogP contribution in [0.1, 0.15) is 0 Å². The number of fused-ring (bicyclic) bond motifs is 1. The van der Waals surface area contributed by atoms with Crippen molar-refractivity contribution in [1.82, 2.24) is 8.75 Å². The summed E-state index contributed by atoms with van der Waals surface area (Å²) in [7, 11) is 1.66. The number of rotatable bonds is 3. The van der Waals surface area contributed by atoms with Crippen molar-refractivity contribution in [3.63, 3.8) is 0 Å². The summed E-state index contributed by atoms with van der Waals surface area (Å²) in [6, 6.07) is 9.52. The summed E-state index contributed by atoms with van der Waals surface area (Å²) >= 11 is 7.52. The smallest absolute Gasteiger partial charge is 0.173 e. The van der Waals surface area contributed by atoms with E-state index in [2.05, 4.69) is 24.7 Å². The zero-order valence-electron chi connectivity index (χ0n) is 11.7. The molecule has 0 N–H and O–H groups in total. The average molecular weight is 427 g/mol. The van der Waals surface area contributed by atoms with Gasteiger partial charge in [-0.2, -0.15) is 8.75 Å². The molecule has 8 heteroatoms. The Hall–Kier alpha value is -1.35. The van der Waals surface area contributed by atoms with Gasteiger partial charge in [-0.1, -0.05) is 11.3 Å². The largest absolute Gasteiger partial charge is 0.487 e. The predicted octanol–water partition coefficient (Wildman–Crippen LogP) is 6.06. The van der Waals surface area contributed by atoms with Crippen LogP contribution in [-0.4, -0.2) is 15.9 Å². The molecular weight excluding hydrogens is 419 g/mol. The molecule has 0 radical (unpaired) electrons. The Bertz CT molecular complexity index is 1010. The molecule has 0 unspecified atom stereocenters. The molecule has 0 saturated carbocycles. The second-order valence-electron chi connectivity index (χ2n) is 4.67. The number of aromatic nitrogens is 2. The highest BCUT2D eigenvalue weighted by Gasteiger charge is 2.17. The first-order valence-electron chi connectivity index (χ1n) is 6.52. The minimum absolute atomic E-state index is 0.326. The summed E-state index contributed by atoms with van der Waals surface area (Å²) in [5.41, 5.74) is 2.06. The van der Waals surface area contributed by atoms with E-state index >= 15 is 0 Å². The summed E-state index contributed by atoms with van der Waals surface area (Å²) < 4.78 is 28.2. The van der Waals surface area contributed by atoms with Gasteiger partial charge in [-0.25, -0.2) is 4.39 Å². The summed E-state index contributed by atoms with van der Waals surface area (Å²) in [4.78, 5) is 3.22. The highest BCUT2D eigenvalue weighted by Crippen LogP contribution is 2.42. The molecule has 3 heterocycles. The fraction of sp³-hybridized carbons (Fsp3) is 0.0667. The van der Waals surface area contributed by atoms with Gasteiger partial charge in [-0.15, -0.1) is 11.3 Å². The van der Waals surface area contributed by atoms with Gasteiger partial charge in [0.15, 0.2) is 5.06 Å². The maximum absolute atomic E-state index is 14.1. The fourth-order valence-electron chi connectivity index (χ4n) is 2.25. The number of hydrogen-bond donors (Lipinski definition) is 0. The summed E-state index contributed by atoms with van der Waals surface area (Å²) in [6.07, 6.45) is 0. The first-order valence-corrected chi connectivity index (χ1v) is 9.67. The van der Waals surface area contributed by atoms with Crippen molar-refractivity contribution in [2.75, 3.05) is 7.11 Å². The summed E-state index contributed by atoms with van der Waals surface area (Å²) in [6.45, 7) is 0. The number of thiophene rings is 2. The van der Waals surface area contributed by atoms with Crippen molar-refractivity contribution >= 4 is 61.4 Å². The first kappa shape index (κ1) is 15.2. The zero-order chi connectivity index (χ0) is 16.0. The molecule has 0 aliphatic heterocycles. The van der Waals surface area contributed by atoms with E-state index in [0.717, 1.165) is 42.5 Å². The zero-order valence-corrected chi connectivity index (χ0v) is 15.7. The van der Waals surface area contributed by atoms with Gasteiger partial charge in [0.05, 0.1) is 23.3 Å². The highest BCUT2D eigenvalue weighted by atomic mass is 79.9. The fourth-order valence-corrected chi connectivity index (χ4v) is 5.26. The molecule has 0 saturated heterocycles. The van der Waals surface area contributed by atoms with Gasteiger partial charge >= 0.3 is 0 Å². The van der Waals surface area contributed by atoms with Gasteiger partial charge in [-0.3, -0.25) is 0 Å². The van der Waals surface area contributed by atoms with Crippen LogP contribution in [0.5, 0.6) is 5.06 Å². The van der Waals surface area contributed by atoms with Gasteiger partial charge in [0.25, 0.3) is 0 Å². The molecule has 0 spiro atoms. The third-order valence-corrected chi connectivity index (χ3v) is 6.97. The second-order valence-corrected chi connectivity index (χ2v) is 8.12. The Morgan fingerprint density at radius 3 is 2.48 bits per heavy atom. The number of benzene rings is 1. The van der Waals surface area contributed by atoms with E-state index < -0.39 is 0 Å². The number of ether oxygens (including phenoxy) is 1. The van der Waals surface area contributed by atoms with Crippen LogP contribution in [0.25, 0.3) is 31.2 Å². The lowest BCUT2D eigenvalue weighted by molar-refractivity contribution is 0.427. The lowest BCUT2D eigenvalue weighted by Gasteiger charge is -2.01. The third kappa shape index (κ3) is 2.59. The summed E-state index contributed by atoms with van der Waals surface area (Å²) in [5, 5.41) is 0.871. The van der Waals surface area contributed by atoms with E-state index in [9.17, 15) is 4.39 Å². The van der Waals surface area contributed by atoms with Crippen LogP contribution >= 0.6 is 50.3 Å². The molecule has 0 amide bonds. The Morgan fingerprint density at radius 1 is 1.00 bits per heavy atom. The van der Waals surface area contributed by atoms with E-state index in [0.29, 0.717) is 9.99 Å². The maximum Gasteiger partial charge on any atom is 0.173 e. The number of hydrogen-bond acceptors (Lipinski definition) is 6. The van der Waals surface area contributed by atoms with Gasteiger partial charge in [0.1, 0.15) is 16.9 Å². The maximum atomic E-state index is 14.1. The van der Waals surface area contributed by atoms with Crippen molar-refractivity contribution in [2.24, 2.45) is 0 Å². The number of methoxy groups -OCH3 is 1. The third-order valence-electron chi connectivity index (χ3n) is 3.33. The van der Waals surface area contributed by atoms with Crippen LogP contribution in [0, 0.1) is 5.82 Å². The van der Waals surface area contributed by atoms with Crippen LogP contribution in [0.2, 0.25) is 0 Å². The molecule has 3 aromatic heterocycles. The Labute approximate surface area is 151 Å². The Balaban J connectivity index is 1.83. The molecule has 0 aliphatic rings. The van der Waals surface area contributed by atoms with E-state index in [-0.39, 0.29) is 5.82 Å². The van der Waals surface area contributed by atoms with Crippen molar-refractivity contribution in [2.45, 2.75) is 0 Å². The van der Waals surface area contributed by atoms with Crippen molar-refractivity contribution in [1.29, 1.82) is 0 Å². The Morgan fingerprint density at radius 2 is 1.70 bits per heavy atom. The SMILES string of the molecule is COc1ccc(-c2ccc(-c3cc(F)c(Br)c4nsnc34)s2)s1. The molecule has 116 valence electrons. The van der Waals surface area contributed by atoms with Crippen LogP contribution < -0.4 is 4.74 Å². The molecule has 23 heavy (non-hydrogen) atoms. The minimum Gasteiger partial charge on any atom is -0.487 e. The molecule has 0 aliphatic carbocycles. The van der Waals surface area contributed by atoms with Crippen LogP contribution in [0.15, 0.2) is 34.8 Å². The molecule has 0 atom stereocenters. The predicted molar refractivity (Wildman–Crippen MR) is 98.3 cm³/mol. The van der Waals surface area contributed by atoms with Crippen LogP contribution in [0.3, 0.4) is 0 Å². The number of halogens is 2. The van der Waals surface area contributed by atoms with Gasteiger partial charge in [-0.05, 0) is 46.3 Å². The summed E-state index contributed by atoms with van der Waals surface area (Å²) in [5.74, 6) is -0.326. The molecule has 4 rings (SSSR count). The van der Waals surface area contributed by atoms with Gasteiger partial charge < -0.3 is 4.74 Å². The second kappa shape index (κ2) is 5.94. The van der Waals surface area contributed by atoms with Crippen LogP contribution in [-0.2, 0) is 0 Å². The van der Waals surface area contributed by atoms with E-state index in [1.54, 1.807) is 29.8 Å². The monoisotopic (exact) mass is 426 g/mol. The van der Waals surface area contributed by atoms with Crippen molar-refractivity contribution < 1.29 is 9.13 Å². The van der Waals surface area contributed by atoms with E-state index in [1.165, 1.54) is 6.07 Å². The quantitative estimate of drug-likeness (QED) is 0.399. The van der Waals surface area contributed by atoms with E-state index in [1.807, 2.05) is 24.3 Å². The average Bonchev–Trinajstić information content (AvgIpc) is 3.30. The van der Waals surface area contributed by atoms with Crippen LogP contribution in [0.4, 0.5) is 4.39 Å². The molecule has 0 fully saturated rings. The molecule has 4 aromatic rings. The molecule has 1 aromatic carbocycles. The van der Waals surface area contributed by atoms with Gasteiger partial charge in [0.2, 0.25) is 0 Å². The number of nitrogens with zero attached hydrogens (tertiary/aromatic N) is 2. The molecule has 0 bridgehead atoms. The standard InChI is InChI=1S/C15H8BrFN2OS3/c1-20-12-5-4-11(22-12)10-3-2-9(21-10)7-6-8(17)13(16)15-14(7)18-23-19-15/h2-6H,1H3. The first-order chi connectivity index (χ1) is 11.2. The lowest BCUT2D eigenvalue weighted by atomic mass is 10.1. The molecule has 3 nitrogen and oxygen atoms in total.